The minimum absolute atomic E-state index is 0.0351. The van der Waals surface area contributed by atoms with E-state index >= 15 is 0 Å². The molecule has 0 aliphatic rings. The van der Waals surface area contributed by atoms with Crippen molar-refractivity contribution in [2.45, 2.75) is 6.42 Å². The van der Waals surface area contributed by atoms with Crippen LogP contribution in [-0.4, -0.2) is 11.9 Å². The number of fused-ring (bicyclic) bond motifs is 1. The molecule has 3 aromatic rings. The van der Waals surface area contributed by atoms with Crippen LogP contribution in [0.3, 0.4) is 0 Å². The number of hydrogen-bond acceptors (Lipinski definition) is 3. The lowest BCUT2D eigenvalue weighted by atomic mass is 10.0. The number of rotatable bonds is 4. The van der Waals surface area contributed by atoms with Crippen molar-refractivity contribution in [1.29, 1.82) is 0 Å². The summed E-state index contributed by atoms with van der Waals surface area (Å²) in [6, 6.07) is 19.7. The third-order valence-corrected chi connectivity index (χ3v) is 3.61. The van der Waals surface area contributed by atoms with Gasteiger partial charge in [-0.2, -0.15) is 0 Å². The van der Waals surface area contributed by atoms with Crippen molar-refractivity contribution in [3.05, 3.63) is 77.9 Å². The predicted octanol–water partition coefficient (Wildman–Crippen LogP) is 2.38. The van der Waals surface area contributed by atoms with Crippen LogP contribution in [0.4, 0.5) is 5.69 Å². The second-order valence-electron chi connectivity index (χ2n) is 5.23. The standard InChI is InChI=1S/C19H15NO3/c21-18(20-16-9-4-8-15(11-16)19(22)23)12-14-7-3-6-13-5-1-2-10-17(13)14/h1-11H,12H2,(H,20,21)(H,22,23)/p-1. The van der Waals surface area contributed by atoms with Crippen molar-refractivity contribution in [3.8, 4) is 0 Å². The van der Waals surface area contributed by atoms with E-state index in [0.29, 0.717) is 5.69 Å². The molecular weight excluding hydrogens is 290 g/mol. The topological polar surface area (TPSA) is 69.2 Å². The minimum Gasteiger partial charge on any atom is -0.545 e. The van der Waals surface area contributed by atoms with Crippen LogP contribution in [0, 0.1) is 0 Å². The van der Waals surface area contributed by atoms with Crippen molar-refractivity contribution in [3.63, 3.8) is 0 Å². The first-order chi connectivity index (χ1) is 11.1. The maximum atomic E-state index is 12.2. The fourth-order valence-corrected chi connectivity index (χ4v) is 2.55. The molecule has 0 aliphatic carbocycles. The maximum absolute atomic E-state index is 12.2. The third-order valence-electron chi connectivity index (χ3n) is 3.61. The average molecular weight is 304 g/mol. The summed E-state index contributed by atoms with van der Waals surface area (Å²) in [5.74, 6) is -1.47. The third kappa shape index (κ3) is 3.37. The lowest BCUT2D eigenvalue weighted by Gasteiger charge is -2.09. The fraction of sp³-hybridized carbons (Fsp3) is 0.0526. The largest absolute Gasteiger partial charge is 0.545 e. The summed E-state index contributed by atoms with van der Waals surface area (Å²) in [6.07, 6.45) is 0.219. The van der Waals surface area contributed by atoms with Crippen LogP contribution in [0.25, 0.3) is 10.8 Å². The van der Waals surface area contributed by atoms with Crippen LogP contribution in [0.1, 0.15) is 15.9 Å². The van der Waals surface area contributed by atoms with Crippen LogP contribution in [0.15, 0.2) is 66.7 Å². The van der Waals surface area contributed by atoms with Crippen molar-refractivity contribution in [1.82, 2.24) is 0 Å². The Labute approximate surface area is 133 Å². The zero-order valence-corrected chi connectivity index (χ0v) is 12.3. The number of carboxylic acids is 1. The number of carboxylic acid groups (broad SMARTS) is 1. The maximum Gasteiger partial charge on any atom is 0.228 e. The van der Waals surface area contributed by atoms with Gasteiger partial charge in [-0.05, 0) is 34.0 Å². The molecule has 23 heavy (non-hydrogen) atoms. The van der Waals surface area contributed by atoms with Crippen LogP contribution in [0.2, 0.25) is 0 Å². The SMILES string of the molecule is O=C(Cc1cccc2ccccc12)Nc1cccc(C(=O)[O-])c1. The number of hydrogen-bond donors (Lipinski definition) is 1. The van der Waals surface area contributed by atoms with Gasteiger partial charge in [0.15, 0.2) is 0 Å². The number of benzene rings is 3. The first kappa shape index (κ1) is 14.8. The molecule has 0 bridgehead atoms. The van der Waals surface area contributed by atoms with E-state index in [1.165, 1.54) is 12.1 Å². The van der Waals surface area contributed by atoms with Gasteiger partial charge in [-0.25, -0.2) is 0 Å². The van der Waals surface area contributed by atoms with Crippen molar-refractivity contribution in [2.24, 2.45) is 0 Å². The lowest BCUT2D eigenvalue weighted by molar-refractivity contribution is -0.255. The zero-order valence-electron chi connectivity index (χ0n) is 12.3. The summed E-state index contributed by atoms with van der Waals surface area (Å²) in [7, 11) is 0. The van der Waals surface area contributed by atoms with Gasteiger partial charge >= 0.3 is 0 Å². The van der Waals surface area contributed by atoms with Crippen LogP contribution < -0.4 is 10.4 Å². The van der Waals surface area contributed by atoms with Gasteiger partial charge in [-0.3, -0.25) is 4.79 Å². The second-order valence-corrected chi connectivity index (χ2v) is 5.23. The molecule has 1 amide bonds. The first-order valence-electron chi connectivity index (χ1n) is 7.21. The van der Waals surface area contributed by atoms with Crippen molar-refractivity contribution < 1.29 is 14.7 Å². The normalized spacial score (nSPS) is 10.4. The molecule has 0 saturated carbocycles. The van der Waals surface area contributed by atoms with E-state index in [4.69, 9.17) is 0 Å². The molecule has 0 spiro atoms. The number of aromatic carboxylic acids is 1. The lowest BCUT2D eigenvalue weighted by Crippen LogP contribution is -2.22. The molecule has 0 fully saturated rings. The molecule has 0 atom stereocenters. The zero-order chi connectivity index (χ0) is 16.2. The Morgan fingerprint density at radius 2 is 1.65 bits per heavy atom. The van der Waals surface area contributed by atoms with E-state index < -0.39 is 5.97 Å². The van der Waals surface area contributed by atoms with Crippen LogP contribution >= 0.6 is 0 Å². The summed E-state index contributed by atoms with van der Waals surface area (Å²) in [5, 5.41) is 15.7. The van der Waals surface area contributed by atoms with Gasteiger partial charge < -0.3 is 15.2 Å². The van der Waals surface area contributed by atoms with Crippen molar-refractivity contribution in [2.75, 3.05) is 5.32 Å². The molecule has 1 N–H and O–H groups in total. The number of carbonyl (C=O) groups excluding carboxylic acids is 2. The molecule has 3 rings (SSSR count). The quantitative estimate of drug-likeness (QED) is 0.804. The Kier molecular flexibility index (Phi) is 4.06. The van der Waals surface area contributed by atoms with Gasteiger partial charge in [0.25, 0.3) is 0 Å². The molecule has 0 aromatic heterocycles. The molecule has 4 heteroatoms. The van der Waals surface area contributed by atoms with E-state index in [-0.39, 0.29) is 17.9 Å². The second kappa shape index (κ2) is 6.32. The molecule has 0 aliphatic heterocycles. The molecular formula is C19H14NO3-. The highest BCUT2D eigenvalue weighted by Crippen LogP contribution is 2.19. The molecule has 4 nitrogen and oxygen atoms in total. The Morgan fingerprint density at radius 1 is 0.913 bits per heavy atom. The summed E-state index contributed by atoms with van der Waals surface area (Å²) >= 11 is 0. The fourth-order valence-electron chi connectivity index (χ4n) is 2.55. The van der Waals surface area contributed by atoms with Gasteiger partial charge in [0.2, 0.25) is 5.91 Å². The highest BCUT2D eigenvalue weighted by atomic mass is 16.4. The van der Waals surface area contributed by atoms with E-state index in [1.54, 1.807) is 12.1 Å². The Morgan fingerprint density at radius 3 is 2.48 bits per heavy atom. The van der Waals surface area contributed by atoms with E-state index in [9.17, 15) is 14.7 Å². The van der Waals surface area contributed by atoms with Gasteiger partial charge in [0.1, 0.15) is 0 Å². The number of carbonyl (C=O) groups is 2. The molecule has 114 valence electrons. The first-order valence-corrected chi connectivity index (χ1v) is 7.21. The van der Waals surface area contributed by atoms with Gasteiger partial charge in [-0.15, -0.1) is 0 Å². The number of anilines is 1. The Balaban J connectivity index is 1.79. The van der Waals surface area contributed by atoms with Crippen LogP contribution in [0.5, 0.6) is 0 Å². The van der Waals surface area contributed by atoms with E-state index in [1.807, 2.05) is 42.5 Å². The smallest absolute Gasteiger partial charge is 0.228 e. The monoisotopic (exact) mass is 304 g/mol. The van der Waals surface area contributed by atoms with E-state index in [2.05, 4.69) is 5.32 Å². The molecule has 3 aromatic carbocycles. The van der Waals surface area contributed by atoms with Gasteiger partial charge in [0, 0.05) is 5.69 Å². The average Bonchev–Trinajstić information content (AvgIpc) is 2.55. The van der Waals surface area contributed by atoms with E-state index in [0.717, 1.165) is 16.3 Å². The highest BCUT2D eigenvalue weighted by molar-refractivity contribution is 5.97. The highest BCUT2D eigenvalue weighted by Gasteiger charge is 2.07. The molecule has 0 heterocycles. The summed E-state index contributed by atoms with van der Waals surface area (Å²) in [6.45, 7) is 0. The van der Waals surface area contributed by atoms with Crippen LogP contribution in [-0.2, 0) is 11.2 Å². The number of nitrogens with one attached hydrogen (secondary N) is 1. The molecule has 0 radical (unpaired) electrons. The van der Waals surface area contributed by atoms with Gasteiger partial charge in [-0.1, -0.05) is 54.6 Å². The Bertz CT molecular complexity index is 881. The summed E-state index contributed by atoms with van der Waals surface area (Å²) in [5.41, 5.74) is 1.40. The summed E-state index contributed by atoms with van der Waals surface area (Å²) < 4.78 is 0. The molecule has 0 saturated heterocycles. The van der Waals surface area contributed by atoms with Crippen molar-refractivity contribution >= 4 is 28.3 Å². The summed E-state index contributed by atoms with van der Waals surface area (Å²) in [4.78, 5) is 23.1. The molecule has 0 unspecified atom stereocenters. The minimum atomic E-state index is -1.27. The number of amides is 1. The van der Waals surface area contributed by atoms with Gasteiger partial charge in [0.05, 0.1) is 12.4 Å². The Hall–Kier alpha value is -3.14. The predicted molar refractivity (Wildman–Crippen MR) is 87.1 cm³/mol.